The highest BCUT2D eigenvalue weighted by Gasteiger charge is 2.29. The molecule has 1 heterocycles. The van der Waals surface area contributed by atoms with Crippen molar-refractivity contribution in [3.05, 3.63) is 64.5 Å². The van der Waals surface area contributed by atoms with Crippen molar-refractivity contribution in [2.45, 2.75) is 51.0 Å². The fraction of sp³-hybridized carbons (Fsp3) is 0.417. The number of amides is 1. The number of rotatable bonds is 7. The lowest BCUT2D eigenvalue weighted by atomic mass is 10.0. The van der Waals surface area contributed by atoms with Crippen LogP contribution in [0.3, 0.4) is 0 Å². The topological polar surface area (TPSA) is 92.8 Å². The smallest absolute Gasteiger partial charge is 0.338 e. The van der Waals surface area contributed by atoms with Gasteiger partial charge in [-0.3, -0.25) is 4.79 Å². The van der Waals surface area contributed by atoms with Gasteiger partial charge in [-0.2, -0.15) is 4.31 Å². The maximum absolute atomic E-state index is 14.3. The lowest BCUT2D eigenvalue weighted by Gasteiger charge is -2.26. The first-order valence-corrected chi connectivity index (χ1v) is 12.4. The average Bonchev–Trinajstić information content (AvgIpc) is 2.80. The zero-order valence-corrected chi connectivity index (χ0v) is 19.9. The van der Waals surface area contributed by atoms with E-state index in [0.29, 0.717) is 25.9 Å². The SMILES string of the molecule is Cc1ccc(C(C)NC(=O)COC(=O)c2ccc(F)c(S(=O)(=O)N3CCCCC3)c2)cc1C. The summed E-state index contributed by atoms with van der Waals surface area (Å²) < 4.78 is 46.2. The van der Waals surface area contributed by atoms with Crippen LogP contribution in [0.15, 0.2) is 41.3 Å². The Balaban J connectivity index is 1.63. The van der Waals surface area contributed by atoms with E-state index in [1.54, 1.807) is 0 Å². The zero-order valence-electron chi connectivity index (χ0n) is 19.1. The monoisotopic (exact) mass is 476 g/mol. The number of halogens is 1. The van der Waals surface area contributed by atoms with Crippen molar-refractivity contribution in [1.82, 2.24) is 9.62 Å². The van der Waals surface area contributed by atoms with Crippen LogP contribution in [0.2, 0.25) is 0 Å². The molecule has 1 amide bonds. The number of piperidine rings is 1. The predicted octanol–water partition coefficient (Wildman–Crippen LogP) is 3.65. The summed E-state index contributed by atoms with van der Waals surface area (Å²) in [4.78, 5) is 24.1. The number of sulfonamides is 1. The molecule has 1 unspecified atom stereocenters. The van der Waals surface area contributed by atoms with E-state index in [4.69, 9.17) is 4.74 Å². The molecule has 0 aliphatic carbocycles. The molecular formula is C24H29FN2O5S. The van der Waals surface area contributed by atoms with Gasteiger partial charge in [-0.1, -0.05) is 24.6 Å². The first kappa shape index (κ1) is 24.9. The van der Waals surface area contributed by atoms with E-state index in [1.165, 1.54) is 4.31 Å². The number of carbonyl (C=O) groups excluding carboxylic acids is 2. The molecule has 1 atom stereocenters. The Labute approximate surface area is 194 Å². The van der Waals surface area contributed by atoms with Gasteiger partial charge in [0.1, 0.15) is 10.7 Å². The molecule has 1 aliphatic rings. The Bertz CT molecular complexity index is 1140. The van der Waals surface area contributed by atoms with E-state index in [2.05, 4.69) is 5.32 Å². The summed E-state index contributed by atoms with van der Waals surface area (Å²) in [5.74, 6) is -2.34. The van der Waals surface area contributed by atoms with Crippen molar-refractivity contribution in [3.8, 4) is 0 Å². The third-order valence-electron chi connectivity index (χ3n) is 5.84. The highest BCUT2D eigenvalue weighted by Crippen LogP contribution is 2.24. The van der Waals surface area contributed by atoms with Crippen LogP contribution in [0.4, 0.5) is 4.39 Å². The minimum Gasteiger partial charge on any atom is -0.452 e. The molecule has 33 heavy (non-hydrogen) atoms. The normalized spacial score (nSPS) is 15.6. The summed E-state index contributed by atoms with van der Waals surface area (Å²) in [6, 6.07) is 8.62. The molecule has 0 spiro atoms. The lowest BCUT2D eigenvalue weighted by molar-refractivity contribution is -0.124. The summed E-state index contributed by atoms with van der Waals surface area (Å²) in [6.45, 7) is 5.89. The molecule has 3 rings (SSSR count). The Kier molecular flexibility index (Phi) is 7.86. The van der Waals surface area contributed by atoms with Crippen LogP contribution >= 0.6 is 0 Å². The molecular weight excluding hydrogens is 447 g/mol. The van der Waals surface area contributed by atoms with Gasteiger partial charge < -0.3 is 10.1 Å². The Hall–Kier alpha value is -2.78. The van der Waals surface area contributed by atoms with Crippen LogP contribution in [-0.2, 0) is 19.6 Å². The minimum atomic E-state index is -4.06. The summed E-state index contributed by atoms with van der Waals surface area (Å²) in [5, 5.41) is 2.76. The molecule has 1 aliphatic heterocycles. The van der Waals surface area contributed by atoms with Gasteiger partial charge in [0.25, 0.3) is 5.91 Å². The Morgan fingerprint density at radius 1 is 1.06 bits per heavy atom. The third-order valence-corrected chi connectivity index (χ3v) is 7.76. The van der Waals surface area contributed by atoms with Crippen LogP contribution in [-0.4, -0.2) is 44.3 Å². The molecule has 9 heteroatoms. The van der Waals surface area contributed by atoms with Gasteiger partial charge in [-0.05, 0) is 68.5 Å². The molecule has 0 bridgehead atoms. The van der Waals surface area contributed by atoms with Crippen molar-refractivity contribution in [1.29, 1.82) is 0 Å². The summed E-state index contributed by atoms with van der Waals surface area (Å²) in [5.41, 5.74) is 3.03. The van der Waals surface area contributed by atoms with Crippen LogP contribution in [0.25, 0.3) is 0 Å². The number of nitrogens with one attached hydrogen (secondary N) is 1. The van der Waals surface area contributed by atoms with Gasteiger partial charge in [0.15, 0.2) is 6.61 Å². The molecule has 0 aromatic heterocycles. The third kappa shape index (κ3) is 5.97. The van der Waals surface area contributed by atoms with Gasteiger partial charge in [0.2, 0.25) is 10.0 Å². The second-order valence-corrected chi connectivity index (χ2v) is 10.2. The number of nitrogens with zero attached hydrogens (tertiary/aromatic N) is 1. The molecule has 178 valence electrons. The van der Waals surface area contributed by atoms with E-state index in [0.717, 1.165) is 41.3 Å². The molecule has 1 saturated heterocycles. The summed E-state index contributed by atoms with van der Waals surface area (Å²) >= 11 is 0. The number of carbonyl (C=O) groups is 2. The van der Waals surface area contributed by atoms with Crippen molar-refractivity contribution in [3.63, 3.8) is 0 Å². The molecule has 1 N–H and O–H groups in total. The van der Waals surface area contributed by atoms with Crippen molar-refractivity contribution in [2.75, 3.05) is 19.7 Å². The fourth-order valence-corrected chi connectivity index (χ4v) is 5.29. The standard InChI is InChI=1S/C24H29FN2O5S/c1-16-7-8-19(13-17(16)2)18(3)26-23(28)15-32-24(29)20-9-10-21(25)22(14-20)33(30,31)27-11-5-4-6-12-27/h7-10,13-14,18H,4-6,11-12,15H2,1-3H3,(H,26,28). The highest BCUT2D eigenvalue weighted by molar-refractivity contribution is 7.89. The first-order valence-electron chi connectivity index (χ1n) is 10.9. The highest BCUT2D eigenvalue weighted by atomic mass is 32.2. The Morgan fingerprint density at radius 2 is 1.76 bits per heavy atom. The van der Waals surface area contributed by atoms with E-state index in [1.807, 2.05) is 39.0 Å². The molecule has 1 fully saturated rings. The molecule has 7 nitrogen and oxygen atoms in total. The number of esters is 1. The maximum atomic E-state index is 14.3. The van der Waals surface area contributed by atoms with Crippen LogP contribution in [0.5, 0.6) is 0 Å². The second-order valence-electron chi connectivity index (χ2n) is 8.32. The fourth-order valence-electron chi connectivity index (χ4n) is 3.69. The predicted molar refractivity (Wildman–Crippen MR) is 122 cm³/mol. The van der Waals surface area contributed by atoms with Crippen molar-refractivity contribution < 1.29 is 27.1 Å². The molecule has 2 aromatic carbocycles. The van der Waals surface area contributed by atoms with Crippen LogP contribution in [0, 0.1) is 19.7 Å². The van der Waals surface area contributed by atoms with Crippen molar-refractivity contribution in [2.24, 2.45) is 0 Å². The molecule has 0 saturated carbocycles. The summed E-state index contributed by atoms with van der Waals surface area (Å²) in [6.07, 6.45) is 2.33. The van der Waals surface area contributed by atoms with E-state index in [-0.39, 0.29) is 11.6 Å². The number of hydrogen-bond donors (Lipinski definition) is 1. The van der Waals surface area contributed by atoms with E-state index >= 15 is 0 Å². The van der Waals surface area contributed by atoms with Crippen molar-refractivity contribution >= 4 is 21.9 Å². The van der Waals surface area contributed by atoms with Gasteiger partial charge >= 0.3 is 5.97 Å². The van der Waals surface area contributed by atoms with Crippen LogP contribution < -0.4 is 5.32 Å². The number of benzene rings is 2. The van der Waals surface area contributed by atoms with E-state index in [9.17, 15) is 22.4 Å². The van der Waals surface area contributed by atoms with Crippen LogP contribution in [0.1, 0.15) is 59.3 Å². The second kappa shape index (κ2) is 10.4. The first-order chi connectivity index (χ1) is 15.6. The van der Waals surface area contributed by atoms with Gasteiger partial charge in [-0.15, -0.1) is 0 Å². The maximum Gasteiger partial charge on any atom is 0.338 e. The van der Waals surface area contributed by atoms with Gasteiger partial charge in [0, 0.05) is 13.1 Å². The molecule has 2 aromatic rings. The minimum absolute atomic E-state index is 0.137. The van der Waals surface area contributed by atoms with Gasteiger partial charge in [0.05, 0.1) is 11.6 Å². The number of ether oxygens (including phenoxy) is 1. The zero-order chi connectivity index (χ0) is 24.2. The van der Waals surface area contributed by atoms with Gasteiger partial charge in [-0.25, -0.2) is 17.6 Å². The number of hydrogen-bond acceptors (Lipinski definition) is 5. The summed E-state index contributed by atoms with van der Waals surface area (Å²) in [7, 11) is -4.06. The largest absolute Gasteiger partial charge is 0.452 e. The Morgan fingerprint density at radius 3 is 2.42 bits per heavy atom. The average molecular weight is 477 g/mol. The molecule has 0 radical (unpaired) electrons. The quantitative estimate of drug-likeness (QED) is 0.616. The lowest BCUT2D eigenvalue weighted by Crippen LogP contribution is -2.36. The van der Waals surface area contributed by atoms with E-state index < -0.39 is 39.2 Å². The number of aryl methyl sites for hydroxylation is 2.